The summed E-state index contributed by atoms with van der Waals surface area (Å²) in [6.07, 6.45) is 4.65. The van der Waals surface area contributed by atoms with E-state index < -0.39 is 0 Å². The van der Waals surface area contributed by atoms with Gasteiger partial charge in [0, 0.05) is 29.1 Å². The Kier molecular flexibility index (Phi) is 9.14. The van der Waals surface area contributed by atoms with Gasteiger partial charge < -0.3 is 25.2 Å². The van der Waals surface area contributed by atoms with E-state index in [-0.39, 0.29) is 30.5 Å². The number of anilines is 1. The summed E-state index contributed by atoms with van der Waals surface area (Å²) in [4.78, 5) is 18.2. The lowest BCUT2D eigenvalue weighted by atomic mass is 9.93. The topological polar surface area (TPSA) is 92.7 Å². The van der Waals surface area contributed by atoms with Crippen LogP contribution in [0.15, 0.2) is 42.6 Å². The molecule has 3 N–H and O–H groups in total. The van der Waals surface area contributed by atoms with Crippen molar-refractivity contribution in [3.63, 3.8) is 0 Å². The Morgan fingerprint density at radius 1 is 1.31 bits per heavy atom. The van der Waals surface area contributed by atoms with Gasteiger partial charge in [-0.25, -0.2) is 9.37 Å². The van der Waals surface area contributed by atoms with E-state index in [1.54, 1.807) is 12.3 Å². The van der Waals surface area contributed by atoms with Crippen LogP contribution >= 0.6 is 22.9 Å². The molecule has 36 heavy (non-hydrogen) atoms. The maximum Gasteiger partial charge on any atom is 0.233 e. The predicted octanol–water partition coefficient (Wildman–Crippen LogP) is 5.12. The van der Waals surface area contributed by atoms with E-state index in [4.69, 9.17) is 26.2 Å². The van der Waals surface area contributed by atoms with E-state index in [0.29, 0.717) is 34.5 Å². The van der Waals surface area contributed by atoms with Gasteiger partial charge in [-0.05, 0) is 54.8 Å². The highest BCUT2D eigenvalue weighted by molar-refractivity contribution is 7.15. The average molecular weight is 534 g/mol. The molecule has 2 unspecified atom stereocenters. The number of nitrogens with zero attached hydrogens (tertiary/aromatic N) is 1. The number of aromatic nitrogens is 1. The molecule has 0 aliphatic carbocycles. The third kappa shape index (κ3) is 6.94. The molecule has 0 bridgehead atoms. The van der Waals surface area contributed by atoms with Gasteiger partial charge in [-0.15, -0.1) is 11.3 Å². The molecule has 7 nitrogen and oxygen atoms in total. The van der Waals surface area contributed by atoms with Crippen LogP contribution in [0.1, 0.15) is 48.1 Å². The number of ether oxygens (including phenoxy) is 2. The van der Waals surface area contributed by atoms with Crippen LogP contribution < -0.4 is 20.1 Å². The Hall–Kier alpha value is -2.72. The number of β-amino-alcohol motifs (C(OH)–C–C–N with tert-alkyl or cyclic N) is 1. The predicted molar refractivity (Wildman–Crippen MR) is 139 cm³/mol. The summed E-state index contributed by atoms with van der Waals surface area (Å²) in [6.45, 7) is 4.02. The number of fused-ring (bicyclic) bond motifs is 1. The minimum Gasteiger partial charge on any atom is -0.454 e. The summed E-state index contributed by atoms with van der Waals surface area (Å²) in [5.74, 6) is 0.554. The molecule has 0 spiro atoms. The van der Waals surface area contributed by atoms with Crippen molar-refractivity contribution in [1.29, 1.82) is 0 Å². The van der Waals surface area contributed by atoms with Gasteiger partial charge in [-0.2, -0.15) is 0 Å². The minimum atomic E-state index is -0.369. The molecule has 5 rings (SSSR count). The van der Waals surface area contributed by atoms with Crippen LogP contribution in [0.25, 0.3) is 0 Å². The first-order valence-corrected chi connectivity index (χ1v) is 13.1. The van der Waals surface area contributed by atoms with Crippen LogP contribution in [0.2, 0.25) is 5.02 Å². The van der Waals surface area contributed by atoms with E-state index in [0.717, 1.165) is 41.9 Å². The quantitative estimate of drug-likeness (QED) is 0.390. The first-order valence-electron chi connectivity index (χ1n) is 11.9. The molecule has 1 aromatic heterocycles. The lowest BCUT2D eigenvalue weighted by Crippen LogP contribution is -2.21. The van der Waals surface area contributed by atoms with E-state index >= 15 is 0 Å². The Morgan fingerprint density at radius 3 is 2.83 bits per heavy atom. The van der Waals surface area contributed by atoms with Crippen molar-refractivity contribution >= 4 is 34.0 Å². The molecule has 0 saturated carbocycles. The maximum absolute atomic E-state index is 13.2. The van der Waals surface area contributed by atoms with Gasteiger partial charge in [0.25, 0.3) is 0 Å². The fourth-order valence-electron chi connectivity index (χ4n) is 4.00. The van der Waals surface area contributed by atoms with E-state index in [2.05, 4.69) is 15.6 Å². The number of nitrogens with one attached hydrogen (secondary N) is 2. The number of rotatable bonds is 7. The Balaban J connectivity index is 0.000000445. The van der Waals surface area contributed by atoms with Crippen LogP contribution in [0.3, 0.4) is 0 Å². The van der Waals surface area contributed by atoms with Crippen molar-refractivity contribution in [3.05, 3.63) is 69.4 Å². The molecule has 3 aromatic rings. The zero-order valence-electron chi connectivity index (χ0n) is 19.9. The zero-order valence-corrected chi connectivity index (χ0v) is 21.5. The second kappa shape index (κ2) is 12.5. The first-order chi connectivity index (χ1) is 17.4. The number of halogens is 2. The number of carbonyl (C=O) groups is 1. The zero-order chi connectivity index (χ0) is 25.5. The molecule has 2 aliphatic rings. The number of aliphatic hydroxyl groups is 1. The lowest BCUT2D eigenvalue weighted by molar-refractivity contribution is -0.117. The van der Waals surface area contributed by atoms with Gasteiger partial charge in [0.05, 0.1) is 12.0 Å². The van der Waals surface area contributed by atoms with Gasteiger partial charge in [0.1, 0.15) is 5.82 Å². The summed E-state index contributed by atoms with van der Waals surface area (Å²) in [5, 5.41) is 15.5. The molecule has 2 atom stereocenters. The molecule has 0 radical (unpaired) electrons. The highest BCUT2D eigenvalue weighted by Crippen LogP contribution is 2.36. The van der Waals surface area contributed by atoms with Crippen LogP contribution in [0.4, 0.5) is 9.52 Å². The number of thiazole rings is 1. The summed E-state index contributed by atoms with van der Waals surface area (Å²) in [6, 6.07) is 9.93. The van der Waals surface area contributed by atoms with Crippen LogP contribution in [-0.2, 0) is 11.2 Å². The Morgan fingerprint density at radius 2 is 2.14 bits per heavy atom. The molecule has 192 valence electrons. The molecular weight excluding hydrogens is 505 g/mol. The maximum atomic E-state index is 13.2. The Bertz CT molecular complexity index is 1190. The van der Waals surface area contributed by atoms with Crippen molar-refractivity contribution in [1.82, 2.24) is 10.3 Å². The monoisotopic (exact) mass is 533 g/mol. The lowest BCUT2D eigenvalue weighted by Gasteiger charge is -2.16. The molecule has 10 heteroatoms. The molecule has 3 heterocycles. The van der Waals surface area contributed by atoms with Crippen molar-refractivity contribution in [2.75, 3.05) is 25.2 Å². The van der Waals surface area contributed by atoms with Gasteiger partial charge in [-0.1, -0.05) is 37.1 Å². The fraction of sp³-hybridized carbons (Fsp3) is 0.385. The molecule has 1 amide bonds. The summed E-state index contributed by atoms with van der Waals surface area (Å²) < 4.78 is 24.0. The summed E-state index contributed by atoms with van der Waals surface area (Å²) in [7, 11) is 0. The van der Waals surface area contributed by atoms with Gasteiger partial charge in [0.2, 0.25) is 12.7 Å². The first kappa shape index (κ1) is 26.3. The van der Waals surface area contributed by atoms with Crippen LogP contribution in [0, 0.1) is 5.82 Å². The fourth-order valence-corrected chi connectivity index (χ4v) is 5.07. The third-order valence-electron chi connectivity index (χ3n) is 5.89. The summed E-state index contributed by atoms with van der Waals surface area (Å²) >= 11 is 7.49. The molecule has 1 fully saturated rings. The SMILES string of the molecule is CCCC(C(=O)Nc1ncc(Cc2ccc(F)cc2Cl)s1)c1ccc2c(c1)OCO2.OC1CCNC1. The standard InChI is InChI=1S/C22H20ClFN2O3S.C4H9NO/c1-2-3-17(13-5-7-19-20(9-13)29-12-28-19)21(27)26-22-25-11-16(30-22)8-14-4-6-15(24)10-18(14)23;6-4-1-2-5-3-4/h4-7,9-11,17H,2-3,8,12H2,1H3,(H,25,26,27);4-6H,1-3H2. The number of carbonyl (C=O) groups excluding carboxylic acids is 1. The highest BCUT2D eigenvalue weighted by Gasteiger charge is 2.24. The van der Waals surface area contributed by atoms with Crippen molar-refractivity contribution in [2.24, 2.45) is 0 Å². The van der Waals surface area contributed by atoms with Crippen molar-refractivity contribution in [2.45, 2.75) is 44.6 Å². The third-order valence-corrected chi connectivity index (χ3v) is 7.16. The Labute approximate surface area is 218 Å². The minimum absolute atomic E-state index is 0.0648. The molecule has 2 aliphatic heterocycles. The molecule has 1 saturated heterocycles. The van der Waals surface area contributed by atoms with Gasteiger partial charge in [-0.3, -0.25) is 4.79 Å². The summed E-state index contributed by atoms with van der Waals surface area (Å²) in [5.41, 5.74) is 1.69. The highest BCUT2D eigenvalue weighted by atomic mass is 35.5. The van der Waals surface area contributed by atoms with Crippen LogP contribution in [0.5, 0.6) is 11.5 Å². The number of aliphatic hydroxyl groups excluding tert-OH is 1. The largest absolute Gasteiger partial charge is 0.454 e. The second-order valence-electron chi connectivity index (χ2n) is 8.63. The number of hydrogen-bond donors (Lipinski definition) is 3. The van der Waals surface area contributed by atoms with E-state index in [1.165, 1.54) is 23.5 Å². The molecule has 2 aromatic carbocycles. The van der Waals surface area contributed by atoms with E-state index in [9.17, 15) is 9.18 Å². The van der Waals surface area contributed by atoms with E-state index in [1.807, 2.05) is 25.1 Å². The molecular formula is C26H29ClFN3O4S. The van der Waals surface area contributed by atoms with Crippen molar-refractivity contribution < 1.29 is 23.8 Å². The van der Waals surface area contributed by atoms with Gasteiger partial charge in [0.15, 0.2) is 16.6 Å². The number of hydrogen-bond acceptors (Lipinski definition) is 7. The van der Waals surface area contributed by atoms with Gasteiger partial charge >= 0.3 is 0 Å². The second-order valence-corrected chi connectivity index (χ2v) is 10.2. The van der Waals surface area contributed by atoms with Crippen LogP contribution in [-0.4, -0.2) is 42.0 Å². The normalized spacial score (nSPS) is 16.8. The smallest absolute Gasteiger partial charge is 0.233 e. The van der Waals surface area contributed by atoms with Crippen molar-refractivity contribution in [3.8, 4) is 11.5 Å². The number of benzene rings is 2. The number of amides is 1. The average Bonchev–Trinajstić information content (AvgIpc) is 3.62.